The van der Waals surface area contributed by atoms with Gasteiger partial charge in [0.05, 0.1) is 39.8 Å². The van der Waals surface area contributed by atoms with E-state index in [1.165, 1.54) is 62.8 Å². The van der Waals surface area contributed by atoms with Crippen LogP contribution < -0.4 is 14.7 Å². The van der Waals surface area contributed by atoms with Crippen LogP contribution in [0.15, 0.2) is 299 Å². The van der Waals surface area contributed by atoms with Crippen LogP contribution in [-0.2, 0) is 0 Å². The second-order valence-corrected chi connectivity index (χ2v) is 22.5. The summed E-state index contributed by atoms with van der Waals surface area (Å²) >= 11 is 3.69. The molecule has 0 saturated heterocycles. The first-order valence-corrected chi connectivity index (χ1v) is 28.7. The number of anilines is 9. The molecular weight excluding hydrogens is 1010 g/mol. The van der Waals surface area contributed by atoms with Crippen LogP contribution in [-0.4, -0.2) is 0 Å². The van der Waals surface area contributed by atoms with Crippen molar-refractivity contribution in [1.82, 2.24) is 0 Å². The predicted molar refractivity (Wildman–Crippen MR) is 341 cm³/mol. The summed E-state index contributed by atoms with van der Waals surface area (Å²) in [7, 11) is 0. The average Bonchev–Trinajstić information content (AvgIpc) is 4.12. The van der Waals surface area contributed by atoms with Gasteiger partial charge in [-0.25, -0.2) is 0 Å². The van der Waals surface area contributed by atoms with Crippen molar-refractivity contribution in [3.05, 3.63) is 285 Å². The van der Waals surface area contributed by atoms with Crippen molar-refractivity contribution in [1.29, 1.82) is 0 Å². The number of rotatable bonds is 9. The van der Waals surface area contributed by atoms with E-state index in [4.69, 9.17) is 4.42 Å². The highest BCUT2D eigenvalue weighted by Gasteiger charge is 2.29. The van der Waals surface area contributed by atoms with Crippen LogP contribution in [0.5, 0.6) is 0 Å². The SMILES string of the molecule is c1ccc2c(c1)Sc1ccccc1N2c1cc(N(c2ccc(-c3cccc4c3sc3ccccc34)cc2)c2cccc3ccccc23)cc(N(c2ccc(-c3cccc4ccccc34)cc2)c2cccc3c2oc2ccccc23)c1. The quantitative estimate of drug-likeness (QED) is 0.143. The first-order chi connectivity index (χ1) is 39.7. The molecule has 4 nitrogen and oxygen atoms in total. The van der Waals surface area contributed by atoms with Gasteiger partial charge in [0, 0.05) is 57.5 Å². The number of thiophene rings is 1. The van der Waals surface area contributed by atoms with Crippen LogP contribution in [0.4, 0.5) is 51.2 Å². The second-order valence-electron chi connectivity index (χ2n) is 20.4. The van der Waals surface area contributed by atoms with Crippen molar-refractivity contribution in [2.45, 2.75) is 9.79 Å². The Kier molecular flexibility index (Phi) is 11.0. The van der Waals surface area contributed by atoms with Crippen molar-refractivity contribution in [2.75, 3.05) is 14.7 Å². The Bertz CT molecular complexity index is 4850. The molecule has 0 radical (unpaired) electrons. The molecule has 6 heteroatoms. The Balaban J connectivity index is 0.959. The van der Waals surface area contributed by atoms with Crippen LogP contribution in [0.1, 0.15) is 0 Å². The van der Waals surface area contributed by atoms with Crippen molar-refractivity contribution in [3.8, 4) is 22.3 Å². The number of furan rings is 1. The fourth-order valence-electron chi connectivity index (χ4n) is 12.1. The van der Waals surface area contributed by atoms with Gasteiger partial charge in [0.1, 0.15) is 5.58 Å². The molecule has 376 valence electrons. The van der Waals surface area contributed by atoms with E-state index in [0.717, 1.165) is 84.1 Å². The molecule has 2 aromatic heterocycles. The molecule has 80 heavy (non-hydrogen) atoms. The summed E-state index contributed by atoms with van der Waals surface area (Å²) in [5.41, 5.74) is 15.7. The van der Waals surface area contributed by atoms with E-state index >= 15 is 0 Å². The number of nitrogens with zero attached hydrogens (tertiary/aromatic N) is 3. The van der Waals surface area contributed by atoms with E-state index in [-0.39, 0.29) is 0 Å². The summed E-state index contributed by atoms with van der Waals surface area (Å²) in [6.07, 6.45) is 0. The monoisotopic (exact) mass is 1060 g/mol. The molecule has 0 spiro atoms. The number of para-hydroxylation sites is 4. The third-order valence-corrected chi connectivity index (χ3v) is 18.1. The lowest BCUT2D eigenvalue weighted by Crippen LogP contribution is -2.18. The van der Waals surface area contributed by atoms with Gasteiger partial charge in [-0.2, -0.15) is 0 Å². The van der Waals surface area contributed by atoms with Gasteiger partial charge in [-0.15, -0.1) is 11.3 Å². The van der Waals surface area contributed by atoms with Gasteiger partial charge in [-0.05, 0) is 129 Å². The first-order valence-electron chi connectivity index (χ1n) is 27.1. The molecule has 0 amide bonds. The lowest BCUT2D eigenvalue weighted by atomic mass is 9.98. The largest absolute Gasteiger partial charge is 0.454 e. The summed E-state index contributed by atoms with van der Waals surface area (Å²) in [6, 6.07) is 104. The third-order valence-electron chi connectivity index (χ3n) is 15.8. The Morgan fingerprint density at radius 1 is 0.338 bits per heavy atom. The van der Waals surface area contributed by atoms with Crippen LogP contribution in [0.3, 0.4) is 0 Å². The van der Waals surface area contributed by atoms with E-state index in [1.54, 1.807) is 0 Å². The van der Waals surface area contributed by atoms with Gasteiger partial charge in [-0.1, -0.05) is 206 Å². The molecule has 15 aromatic rings. The minimum atomic E-state index is 0.819. The first kappa shape index (κ1) is 46.3. The molecule has 1 aliphatic rings. The van der Waals surface area contributed by atoms with Crippen LogP contribution in [0.25, 0.3) is 85.9 Å². The normalized spacial score (nSPS) is 12.2. The lowest BCUT2D eigenvalue weighted by Gasteiger charge is -2.36. The van der Waals surface area contributed by atoms with Crippen LogP contribution in [0, 0.1) is 0 Å². The zero-order chi connectivity index (χ0) is 52.7. The predicted octanol–water partition coefficient (Wildman–Crippen LogP) is 22.5. The van der Waals surface area contributed by atoms with Gasteiger partial charge in [0.2, 0.25) is 0 Å². The maximum Gasteiger partial charge on any atom is 0.159 e. The second kappa shape index (κ2) is 19.0. The number of fused-ring (bicyclic) bond motifs is 10. The number of hydrogen-bond acceptors (Lipinski definition) is 6. The van der Waals surface area contributed by atoms with Crippen LogP contribution in [0.2, 0.25) is 0 Å². The highest BCUT2D eigenvalue weighted by molar-refractivity contribution is 7.99. The Labute approximate surface area is 471 Å². The smallest absolute Gasteiger partial charge is 0.159 e. The zero-order valence-electron chi connectivity index (χ0n) is 43.2. The van der Waals surface area contributed by atoms with Crippen molar-refractivity contribution >= 4 is 138 Å². The summed E-state index contributed by atoms with van der Waals surface area (Å²) in [5.74, 6) is 0. The third kappa shape index (κ3) is 7.67. The highest BCUT2D eigenvalue weighted by atomic mass is 32.2. The summed E-state index contributed by atoms with van der Waals surface area (Å²) in [4.78, 5) is 9.70. The van der Waals surface area contributed by atoms with Crippen molar-refractivity contribution in [2.24, 2.45) is 0 Å². The fourth-order valence-corrected chi connectivity index (χ4v) is 14.4. The van der Waals surface area contributed by atoms with Crippen molar-refractivity contribution in [3.63, 3.8) is 0 Å². The van der Waals surface area contributed by atoms with E-state index in [1.807, 2.05) is 23.1 Å². The minimum absolute atomic E-state index is 0.819. The molecule has 1 aliphatic heterocycles. The van der Waals surface area contributed by atoms with Gasteiger partial charge in [0.25, 0.3) is 0 Å². The lowest BCUT2D eigenvalue weighted by molar-refractivity contribution is 0.669. The molecule has 0 bridgehead atoms. The summed E-state index contributed by atoms with van der Waals surface area (Å²) < 4.78 is 9.58. The molecular formula is C74H47N3OS2. The molecule has 0 atom stereocenters. The summed E-state index contributed by atoms with van der Waals surface area (Å²) in [6.45, 7) is 0. The van der Waals surface area contributed by atoms with Crippen LogP contribution >= 0.6 is 23.1 Å². The van der Waals surface area contributed by atoms with E-state index in [2.05, 4.69) is 300 Å². The van der Waals surface area contributed by atoms with Crippen molar-refractivity contribution < 1.29 is 4.42 Å². The molecule has 0 fully saturated rings. The molecule has 13 aromatic carbocycles. The number of benzene rings is 13. The molecule has 16 rings (SSSR count). The highest BCUT2D eigenvalue weighted by Crippen LogP contribution is 2.55. The Morgan fingerprint density at radius 3 is 1.57 bits per heavy atom. The zero-order valence-corrected chi connectivity index (χ0v) is 44.8. The maximum absolute atomic E-state index is 6.98. The van der Waals surface area contributed by atoms with Gasteiger partial charge >= 0.3 is 0 Å². The standard InChI is InChI=1S/C74H47N3OS2/c1-3-21-57-48(17-1)19-13-25-58(57)50-37-41-53(42-38-50)76(68-32-16-27-63-61-23-5-9-33-69(61)78-73(63)68)55-45-54(46-56(47-55)77-66-29-7-11-35-71(66)79-72-36-12-8-30-67(72)77)75(65-31-14-20-49-18-2-4-22-59(49)65)52-43-39-51(40-44-52)60-26-15-28-64-62-24-6-10-34-70(62)80-74(60)64/h1-47H. The van der Waals surface area contributed by atoms with Gasteiger partial charge in [-0.3, -0.25) is 0 Å². The van der Waals surface area contributed by atoms with Gasteiger partial charge in [0.15, 0.2) is 5.58 Å². The number of hydrogen-bond donors (Lipinski definition) is 0. The molecule has 0 aliphatic carbocycles. The maximum atomic E-state index is 6.98. The average molecular weight is 1060 g/mol. The summed E-state index contributed by atoms with van der Waals surface area (Å²) in [5, 5.41) is 9.49. The topological polar surface area (TPSA) is 22.9 Å². The minimum Gasteiger partial charge on any atom is -0.454 e. The molecule has 0 saturated carbocycles. The van der Waals surface area contributed by atoms with Gasteiger partial charge < -0.3 is 19.1 Å². The van der Waals surface area contributed by atoms with E-state index < -0.39 is 0 Å². The Hall–Kier alpha value is -9.85. The fraction of sp³-hybridized carbons (Fsp3) is 0. The van der Waals surface area contributed by atoms with E-state index in [9.17, 15) is 0 Å². The molecule has 0 N–H and O–H groups in total. The molecule has 0 unspecified atom stereocenters. The molecule has 3 heterocycles. The Morgan fingerprint density at radius 2 is 0.838 bits per heavy atom. The van der Waals surface area contributed by atoms with E-state index in [0.29, 0.717) is 0 Å².